The Kier molecular flexibility index (Phi) is 8.33. The molecule has 0 saturated carbocycles. The molecule has 1 aromatic carbocycles. The van der Waals surface area contributed by atoms with Crippen LogP contribution >= 0.6 is 0 Å². The molecule has 1 rings (SSSR count). The molecule has 0 aromatic heterocycles. The van der Waals surface area contributed by atoms with Gasteiger partial charge in [-0.2, -0.15) is 0 Å². The van der Waals surface area contributed by atoms with E-state index in [0.717, 1.165) is 10.5 Å². The number of carbonyl (C=O) groups excluding carboxylic acids is 3. The quantitative estimate of drug-likeness (QED) is 0.591. The van der Waals surface area contributed by atoms with Gasteiger partial charge in [0.1, 0.15) is 6.61 Å². The lowest BCUT2D eigenvalue weighted by Crippen LogP contribution is -2.46. The van der Waals surface area contributed by atoms with Crippen molar-refractivity contribution in [3.05, 3.63) is 35.9 Å². The van der Waals surface area contributed by atoms with Crippen LogP contribution in [0.4, 0.5) is 4.79 Å². The molecule has 0 saturated heterocycles. The number of carbonyl (C=O) groups is 3. The number of benzene rings is 1. The molecule has 23 heavy (non-hydrogen) atoms. The monoisotopic (exact) mass is 322 g/mol. The van der Waals surface area contributed by atoms with Gasteiger partial charge in [-0.25, -0.2) is 9.69 Å². The van der Waals surface area contributed by atoms with E-state index in [9.17, 15) is 14.4 Å². The molecule has 0 aliphatic carbocycles. The molecular formula is C15H22N4O4. The molecule has 1 aromatic rings. The molecule has 0 fully saturated rings. The molecular weight excluding hydrogens is 300 g/mol. The maximum Gasteiger partial charge on any atom is 0.416 e. The molecule has 0 aliphatic heterocycles. The third kappa shape index (κ3) is 6.90. The predicted octanol–water partition coefficient (Wildman–Crippen LogP) is -0.554. The minimum atomic E-state index is -0.754. The average molecular weight is 322 g/mol. The molecule has 0 heterocycles. The van der Waals surface area contributed by atoms with Crippen molar-refractivity contribution < 1.29 is 19.1 Å². The Morgan fingerprint density at radius 1 is 1.22 bits per heavy atom. The molecule has 3 amide bonds. The van der Waals surface area contributed by atoms with Crippen LogP contribution in [0, 0.1) is 0 Å². The molecule has 0 aliphatic rings. The lowest BCUT2D eigenvalue weighted by atomic mass is 10.2. The van der Waals surface area contributed by atoms with Crippen molar-refractivity contribution in [1.29, 1.82) is 0 Å². The predicted molar refractivity (Wildman–Crippen MR) is 84.3 cm³/mol. The minimum absolute atomic E-state index is 0.00866. The van der Waals surface area contributed by atoms with E-state index < -0.39 is 12.0 Å². The van der Waals surface area contributed by atoms with Gasteiger partial charge in [0.25, 0.3) is 0 Å². The van der Waals surface area contributed by atoms with Crippen LogP contribution < -0.4 is 16.4 Å². The highest BCUT2D eigenvalue weighted by atomic mass is 16.6. The van der Waals surface area contributed by atoms with E-state index in [1.807, 2.05) is 30.3 Å². The number of nitrogens with zero attached hydrogens (tertiary/aromatic N) is 1. The summed E-state index contributed by atoms with van der Waals surface area (Å²) in [6.07, 6.45) is -0.754. The SMILES string of the molecule is CNCC(=O)N(CCNC(=O)CN)C(=O)OCc1ccccc1. The van der Waals surface area contributed by atoms with E-state index in [2.05, 4.69) is 10.6 Å². The second kappa shape index (κ2) is 10.3. The molecule has 4 N–H and O–H groups in total. The number of likely N-dealkylation sites (N-methyl/N-ethyl adjacent to an activating group) is 1. The zero-order chi connectivity index (χ0) is 17.1. The summed E-state index contributed by atoms with van der Waals surface area (Å²) in [5.41, 5.74) is 5.99. The van der Waals surface area contributed by atoms with E-state index in [0.29, 0.717) is 0 Å². The third-order valence-electron chi connectivity index (χ3n) is 2.90. The standard InChI is InChI=1S/C15H22N4O4/c1-17-10-14(21)19(8-7-18-13(20)9-16)15(22)23-11-12-5-3-2-4-6-12/h2-6,17H,7-11,16H2,1H3,(H,18,20). The molecule has 0 unspecified atom stereocenters. The van der Waals surface area contributed by atoms with Crippen LogP contribution in [0.2, 0.25) is 0 Å². The summed E-state index contributed by atoms with van der Waals surface area (Å²) >= 11 is 0. The Hall–Kier alpha value is -2.45. The van der Waals surface area contributed by atoms with Crippen molar-refractivity contribution in [3.63, 3.8) is 0 Å². The fourth-order valence-electron chi connectivity index (χ4n) is 1.74. The number of hydrogen-bond acceptors (Lipinski definition) is 6. The smallest absolute Gasteiger partial charge is 0.416 e. The average Bonchev–Trinajstić information content (AvgIpc) is 2.57. The first-order chi connectivity index (χ1) is 11.1. The number of rotatable bonds is 8. The highest BCUT2D eigenvalue weighted by molar-refractivity contribution is 5.93. The summed E-state index contributed by atoms with van der Waals surface area (Å²) in [7, 11) is 1.60. The second-order valence-corrected chi connectivity index (χ2v) is 4.67. The number of nitrogens with two attached hydrogens (primary N) is 1. The van der Waals surface area contributed by atoms with Gasteiger partial charge in [0, 0.05) is 13.1 Å². The molecule has 8 heteroatoms. The van der Waals surface area contributed by atoms with Gasteiger partial charge in [0.15, 0.2) is 0 Å². The topological polar surface area (TPSA) is 114 Å². The Bertz CT molecular complexity index is 521. The summed E-state index contributed by atoms with van der Waals surface area (Å²) in [4.78, 5) is 36.1. The van der Waals surface area contributed by atoms with Crippen LogP contribution in [0.3, 0.4) is 0 Å². The van der Waals surface area contributed by atoms with Gasteiger partial charge >= 0.3 is 6.09 Å². The van der Waals surface area contributed by atoms with Crippen LogP contribution in [0.15, 0.2) is 30.3 Å². The summed E-state index contributed by atoms with van der Waals surface area (Å²) in [5, 5.41) is 5.18. The van der Waals surface area contributed by atoms with Crippen molar-refractivity contribution in [1.82, 2.24) is 15.5 Å². The Balaban J connectivity index is 2.57. The third-order valence-corrected chi connectivity index (χ3v) is 2.90. The van der Waals surface area contributed by atoms with Crippen molar-refractivity contribution in [2.24, 2.45) is 5.73 Å². The zero-order valence-corrected chi connectivity index (χ0v) is 13.1. The normalized spacial score (nSPS) is 10.0. The van der Waals surface area contributed by atoms with Crippen LogP contribution in [-0.4, -0.2) is 56.0 Å². The van der Waals surface area contributed by atoms with Gasteiger partial charge in [-0.3, -0.25) is 9.59 Å². The molecule has 0 radical (unpaired) electrons. The van der Waals surface area contributed by atoms with E-state index in [-0.39, 0.29) is 38.7 Å². The molecule has 126 valence electrons. The Morgan fingerprint density at radius 2 is 1.91 bits per heavy atom. The summed E-state index contributed by atoms with van der Waals surface area (Å²) in [5.74, 6) is -0.795. The van der Waals surface area contributed by atoms with Gasteiger partial charge < -0.3 is 21.1 Å². The van der Waals surface area contributed by atoms with Crippen LogP contribution in [-0.2, 0) is 20.9 Å². The molecule has 8 nitrogen and oxygen atoms in total. The second-order valence-electron chi connectivity index (χ2n) is 4.67. The highest BCUT2D eigenvalue weighted by Gasteiger charge is 2.22. The largest absolute Gasteiger partial charge is 0.444 e. The van der Waals surface area contributed by atoms with E-state index in [1.165, 1.54) is 0 Å². The van der Waals surface area contributed by atoms with Gasteiger partial charge in [0.2, 0.25) is 11.8 Å². The number of ether oxygens (including phenoxy) is 1. The molecule has 0 spiro atoms. The van der Waals surface area contributed by atoms with E-state index >= 15 is 0 Å². The van der Waals surface area contributed by atoms with E-state index in [4.69, 9.17) is 10.5 Å². The lowest BCUT2D eigenvalue weighted by Gasteiger charge is -2.20. The van der Waals surface area contributed by atoms with Gasteiger partial charge in [-0.1, -0.05) is 30.3 Å². The summed E-state index contributed by atoms with van der Waals surface area (Å²) in [6.45, 7) is 0.0398. The summed E-state index contributed by atoms with van der Waals surface area (Å²) < 4.78 is 5.14. The number of nitrogens with one attached hydrogen (secondary N) is 2. The first-order valence-corrected chi connectivity index (χ1v) is 7.21. The molecule has 0 bridgehead atoms. The van der Waals surface area contributed by atoms with Crippen LogP contribution in [0.1, 0.15) is 5.56 Å². The van der Waals surface area contributed by atoms with Gasteiger partial charge in [0.05, 0.1) is 13.1 Å². The van der Waals surface area contributed by atoms with Crippen molar-refractivity contribution >= 4 is 17.9 Å². The van der Waals surface area contributed by atoms with Crippen molar-refractivity contribution in [3.8, 4) is 0 Å². The zero-order valence-electron chi connectivity index (χ0n) is 13.1. The van der Waals surface area contributed by atoms with E-state index in [1.54, 1.807) is 7.05 Å². The first-order valence-electron chi connectivity index (χ1n) is 7.21. The van der Waals surface area contributed by atoms with Crippen LogP contribution in [0.25, 0.3) is 0 Å². The van der Waals surface area contributed by atoms with Gasteiger partial charge in [-0.15, -0.1) is 0 Å². The number of amides is 3. The first kappa shape index (κ1) is 18.6. The molecule has 0 atom stereocenters. The maximum atomic E-state index is 12.1. The van der Waals surface area contributed by atoms with Crippen molar-refractivity contribution in [2.75, 3.05) is 33.2 Å². The maximum absolute atomic E-state index is 12.1. The number of imide groups is 1. The minimum Gasteiger partial charge on any atom is -0.444 e. The Labute approximate surface area is 135 Å². The van der Waals surface area contributed by atoms with Gasteiger partial charge in [-0.05, 0) is 12.6 Å². The number of hydrogen-bond donors (Lipinski definition) is 3. The van der Waals surface area contributed by atoms with Crippen LogP contribution in [0.5, 0.6) is 0 Å². The van der Waals surface area contributed by atoms with Crippen molar-refractivity contribution in [2.45, 2.75) is 6.61 Å². The Morgan fingerprint density at radius 3 is 2.52 bits per heavy atom. The fraction of sp³-hybridized carbons (Fsp3) is 0.400. The summed E-state index contributed by atoms with van der Waals surface area (Å²) in [6, 6.07) is 9.14. The fourth-order valence-corrected chi connectivity index (χ4v) is 1.74. The highest BCUT2D eigenvalue weighted by Crippen LogP contribution is 2.03. The lowest BCUT2D eigenvalue weighted by molar-refractivity contribution is -0.129.